The van der Waals surface area contributed by atoms with Crippen LogP contribution in [0.25, 0.3) is 15.3 Å². The minimum atomic E-state index is -0.553. The summed E-state index contributed by atoms with van der Waals surface area (Å²) in [6.07, 6.45) is 10.2. The molecule has 1 fully saturated rings. The number of thiazole rings is 1. The van der Waals surface area contributed by atoms with Gasteiger partial charge in [-0.1, -0.05) is 0 Å². The van der Waals surface area contributed by atoms with Crippen molar-refractivity contribution in [3.8, 4) is 10.4 Å². The molecular formula is C25H30N8O4S. The standard InChI is InChI=1S/C25H30N8O4S/c1-16-21(9-18(11-26-16)29-25(35)37-15-19-5-4-6-31(19)2)30-23(34)20-12-28-33-14-22(38-24(20)33)17-10-27-32(13-17)7-8-36-3/h9-14,19H,4-8,15H2,1-3H3,(H,29,35)(H,30,34)/t19-/m0/s1. The number of amides is 2. The Morgan fingerprint density at radius 2 is 2.05 bits per heavy atom. The van der Waals surface area contributed by atoms with E-state index < -0.39 is 6.09 Å². The number of carbonyl (C=O) groups excluding carboxylic acids is 2. The number of nitrogens with zero attached hydrogens (tertiary/aromatic N) is 6. The maximum absolute atomic E-state index is 13.2. The number of aromatic nitrogens is 5. The first-order chi connectivity index (χ1) is 18.4. The van der Waals surface area contributed by atoms with E-state index in [4.69, 9.17) is 9.47 Å². The number of methoxy groups -OCH3 is 1. The largest absolute Gasteiger partial charge is 0.448 e. The summed E-state index contributed by atoms with van der Waals surface area (Å²) in [4.78, 5) is 33.7. The number of likely N-dealkylation sites (N-methyl/N-ethyl adjacent to an activating group) is 1. The Bertz CT molecular complexity index is 1440. The number of likely N-dealkylation sites (tertiary alicyclic amines) is 1. The van der Waals surface area contributed by atoms with Gasteiger partial charge >= 0.3 is 6.09 Å². The predicted octanol–water partition coefficient (Wildman–Crippen LogP) is 3.50. The van der Waals surface area contributed by atoms with Gasteiger partial charge in [0.05, 0.1) is 59.3 Å². The quantitative estimate of drug-likeness (QED) is 0.331. The highest BCUT2D eigenvalue weighted by Gasteiger charge is 2.22. The second kappa shape index (κ2) is 11.3. The van der Waals surface area contributed by atoms with Crippen LogP contribution in [0.2, 0.25) is 0 Å². The van der Waals surface area contributed by atoms with Gasteiger partial charge in [-0.2, -0.15) is 10.2 Å². The van der Waals surface area contributed by atoms with Gasteiger partial charge in [-0.3, -0.25) is 19.8 Å². The molecule has 38 heavy (non-hydrogen) atoms. The van der Waals surface area contributed by atoms with Crippen LogP contribution < -0.4 is 10.6 Å². The zero-order valence-corrected chi connectivity index (χ0v) is 22.3. The number of nitrogens with one attached hydrogen (secondary N) is 2. The third-order valence-corrected chi connectivity index (χ3v) is 7.70. The monoisotopic (exact) mass is 538 g/mol. The molecular weight excluding hydrogens is 508 g/mol. The first-order valence-corrected chi connectivity index (χ1v) is 13.1. The van der Waals surface area contributed by atoms with E-state index in [9.17, 15) is 9.59 Å². The molecule has 12 nitrogen and oxygen atoms in total. The molecule has 0 radical (unpaired) electrons. The van der Waals surface area contributed by atoms with Crippen LogP contribution in [0.5, 0.6) is 0 Å². The number of carbonyl (C=O) groups is 2. The average Bonchev–Trinajstić information content (AvgIpc) is 3.68. The molecule has 0 spiro atoms. The van der Waals surface area contributed by atoms with Gasteiger partial charge in [0.2, 0.25) is 0 Å². The van der Waals surface area contributed by atoms with E-state index in [0.717, 1.165) is 29.8 Å². The van der Waals surface area contributed by atoms with Gasteiger partial charge in [-0.15, -0.1) is 11.3 Å². The Kier molecular flexibility index (Phi) is 7.67. The van der Waals surface area contributed by atoms with Crippen LogP contribution in [-0.4, -0.2) is 81.2 Å². The van der Waals surface area contributed by atoms with Gasteiger partial charge in [0.1, 0.15) is 11.4 Å². The maximum atomic E-state index is 13.2. The Balaban J connectivity index is 1.25. The Morgan fingerprint density at radius 3 is 2.84 bits per heavy atom. The SMILES string of the molecule is COCCn1cc(-c2cn3ncc(C(=O)Nc4cc(NC(=O)OC[C@@H]5CCCN5C)cnc4C)c3s2)cn1. The predicted molar refractivity (Wildman–Crippen MR) is 144 cm³/mol. The molecule has 1 aliphatic rings. The molecule has 1 saturated heterocycles. The zero-order valence-electron chi connectivity index (χ0n) is 21.5. The lowest BCUT2D eigenvalue weighted by Gasteiger charge is -2.19. The van der Waals surface area contributed by atoms with Gasteiger partial charge in [0.15, 0.2) is 0 Å². The molecule has 13 heteroatoms. The molecule has 2 N–H and O–H groups in total. The number of fused-ring (bicyclic) bond motifs is 1. The highest BCUT2D eigenvalue weighted by atomic mass is 32.1. The van der Waals surface area contributed by atoms with Gasteiger partial charge in [-0.25, -0.2) is 9.31 Å². The lowest BCUT2D eigenvalue weighted by molar-refractivity contribution is 0.102. The fraction of sp³-hybridized carbons (Fsp3) is 0.400. The second-order valence-electron chi connectivity index (χ2n) is 9.20. The first kappa shape index (κ1) is 25.8. The molecule has 200 valence electrons. The molecule has 1 aliphatic heterocycles. The van der Waals surface area contributed by atoms with Crippen LogP contribution in [0.4, 0.5) is 16.2 Å². The fourth-order valence-corrected chi connectivity index (χ4v) is 5.34. The van der Waals surface area contributed by atoms with Gasteiger partial charge in [0, 0.05) is 31.1 Å². The molecule has 0 unspecified atom stereocenters. The highest BCUT2D eigenvalue weighted by molar-refractivity contribution is 7.21. The molecule has 4 aromatic rings. The van der Waals surface area contributed by atoms with Crippen LogP contribution in [0.3, 0.4) is 0 Å². The molecule has 4 aromatic heterocycles. The minimum absolute atomic E-state index is 0.240. The zero-order chi connectivity index (χ0) is 26.6. The van der Waals surface area contributed by atoms with E-state index in [-0.39, 0.29) is 11.9 Å². The van der Waals surface area contributed by atoms with Crippen molar-refractivity contribution in [2.24, 2.45) is 0 Å². The number of rotatable bonds is 9. The normalized spacial score (nSPS) is 15.7. The summed E-state index contributed by atoms with van der Waals surface area (Å²) in [6, 6.07) is 1.90. The van der Waals surface area contributed by atoms with Crippen molar-refractivity contribution in [2.75, 3.05) is 44.5 Å². The van der Waals surface area contributed by atoms with E-state index in [1.54, 1.807) is 30.8 Å². The number of hydrogen-bond acceptors (Lipinski definition) is 9. The van der Waals surface area contributed by atoms with Crippen molar-refractivity contribution in [1.82, 2.24) is 29.3 Å². The lowest BCUT2D eigenvalue weighted by atomic mass is 10.2. The molecule has 0 bridgehead atoms. The van der Waals surface area contributed by atoms with Crippen LogP contribution >= 0.6 is 11.3 Å². The maximum Gasteiger partial charge on any atom is 0.411 e. The second-order valence-corrected chi connectivity index (χ2v) is 10.2. The summed E-state index contributed by atoms with van der Waals surface area (Å²) in [5.41, 5.74) is 2.90. The Labute approximate surface area is 223 Å². The van der Waals surface area contributed by atoms with Crippen molar-refractivity contribution in [3.63, 3.8) is 0 Å². The van der Waals surface area contributed by atoms with Gasteiger partial charge in [-0.05, 0) is 39.4 Å². The molecule has 0 aromatic carbocycles. The number of anilines is 2. The molecule has 0 aliphatic carbocycles. The molecule has 1 atom stereocenters. The molecule has 2 amide bonds. The fourth-order valence-electron chi connectivity index (χ4n) is 4.31. The van der Waals surface area contributed by atoms with E-state index >= 15 is 0 Å². The van der Waals surface area contributed by atoms with E-state index in [1.807, 2.05) is 24.1 Å². The van der Waals surface area contributed by atoms with E-state index in [0.29, 0.717) is 47.2 Å². The summed E-state index contributed by atoms with van der Waals surface area (Å²) < 4.78 is 14.0. The smallest absolute Gasteiger partial charge is 0.411 e. The van der Waals surface area contributed by atoms with Crippen LogP contribution in [0, 0.1) is 6.92 Å². The van der Waals surface area contributed by atoms with E-state index in [1.165, 1.54) is 23.7 Å². The molecule has 0 saturated carbocycles. The van der Waals surface area contributed by atoms with Crippen molar-refractivity contribution in [1.29, 1.82) is 0 Å². The van der Waals surface area contributed by atoms with Crippen LogP contribution in [0.1, 0.15) is 28.9 Å². The minimum Gasteiger partial charge on any atom is -0.448 e. The topological polar surface area (TPSA) is 128 Å². The van der Waals surface area contributed by atoms with E-state index in [2.05, 4.69) is 30.7 Å². The van der Waals surface area contributed by atoms with Crippen LogP contribution in [-0.2, 0) is 16.0 Å². The van der Waals surface area contributed by atoms with Crippen molar-refractivity contribution >= 4 is 39.5 Å². The van der Waals surface area contributed by atoms with Gasteiger partial charge < -0.3 is 19.7 Å². The number of pyridine rings is 1. The summed E-state index contributed by atoms with van der Waals surface area (Å²) >= 11 is 1.45. The van der Waals surface area contributed by atoms with Crippen molar-refractivity contribution < 1.29 is 19.1 Å². The van der Waals surface area contributed by atoms with Crippen LogP contribution in [0.15, 0.2) is 37.1 Å². The lowest BCUT2D eigenvalue weighted by Crippen LogP contribution is -2.31. The average molecular weight is 539 g/mol. The summed E-state index contributed by atoms with van der Waals surface area (Å²) in [5, 5.41) is 14.3. The highest BCUT2D eigenvalue weighted by Crippen LogP contribution is 2.31. The summed E-state index contributed by atoms with van der Waals surface area (Å²) in [5.74, 6) is -0.321. The Hall–Kier alpha value is -3.81. The number of aryl methyl sites for hydroxylation is 1. The summed E-state index contributed by atoms with van der Waals surface area (Å²) in [7, 11) is 3.68. The molecule has 5 heterocycles. The van der Waals surface area contributed by atoms with Crippen molar-refractivity contribution in [3.05, 3.63) is 48.3 Å². The number of ether oxygens (including phenoxy) is 2. The third kappa shape index (κ3) is 5.69. The third-order valence-electron chi connectivity index (χ3n) is 6.54. The number of hydrogen-bond donors (Lipinski definition) is 2. The Morgan fingerprint density at radius 1 is 1.18 bits per heavy atom. The summed E-state index contributed by atoms with van der Waals surface area (Å²) in [6.45, 7) is 4.36. The van der Waals surface area contributed by atoms with Crippen molar-refractivity contribution in [2.45, 2.75) is 32.4 Å². The molecule has 5 rings (SSSR count). The first-order valence-electron chi connectivity index (χ1n) is 12.3. The van der Waals surface area contributed by atoms with Gasteiger partial charge in [0.25, 0.3) is 5.91 Å².